The van der Waals surface area contributed by atoms with Gasteiger partial charge in [0.1, 0.15) is 5.75 Å². The molecule has 3 rings (SSSR count). The monoisotopic (exact) mass is 374 g/mol. The molecule has 2 aromatic carbocycles. The Morgan fingerprint density at radius 3 is 2.73 bits per heavy atom. The van der Waals surface area contributed by atoms with Crippen LogP contribution in [0.15, 0.2) is 42.5 Å². The standard InChI is InChI=1S/C19H22N2O4S/c1-25-18-5-3-4-14(10-18)11-19(22)20-17-7-6-15-8-9-21(26(2,23)24)13-16(15)12-17/h3-7,10,12H,8-9,11,13H2,1-2H3,(H,20,22). The molecule has 26 heavy (non-hydrogen) atoms. The molecule has 0 unspecified atom stereocenters. The molecule has 0 aromatic heterocycles. The van der Waals surface area contributed by atoms with Crippen LogP contribution < -0.4 is 10.1 Å². The van der Waals surface area contributed by atoms with Gasteiger partial charge in [0.15, 0.2) is 0 Å². The van der Waals surface area contributed by atoms with E-state index in [4.69, 9.17) is 4.74 Å². The second-order valence-corrected chi connectivity index (χ2v) is 8.39. The highest BCUT2D eigenvalue weighted by atomic mass is 32.2. The molecule has 2 aromatic rings. The van der Waals surface area contributed by atoms with Gasteiger partial charge in [-0.15, -0.1) is 0 Å². The number of hydrogen-bond donors (Lipinski definition) is 1. The molecule has 7 heteroatoms. The fourth-order valence-electron chi connectivity index (χ4n) is 3.07. The minimum absolute atomic E-state index is 0.131. The lowest BCUT2D eigenvalue weighted by Crippen LogP contribution is -2.35. The Morgan fingerprint density at radius 2 is 2.00 bits per heavy atom. The summed E-state index contributed by atoms with van der Waals surface area (Å²) in [5.74, 6) is 0.582. The first-order chi connectivity index (χ1) is 12.3. The number of nitrogens with zero attached hydrogens (tertiary/aromatic N) is 1. The molecule has 0 saturated heterocycles. The van der Waals surface area contributed by atoms with Crippen molar-refractivity contribution in [2.24, 2.45) is 0 Å². The lowest BCUT2D eigenvalue weighted by Gasteiger charge is -2.27. The highest BCUT2D eigenvalue weighted by Gasteiger charge is 2.23. The summed E-state index contributed by atoms with van der Waals surface area (Å²) in [5.41, 5.74) is 3.59. The van der Waals surface area contributed by atoms with Crippen molar-refractivity contribution in [1.29, 1.82) is 0 Å². The lowest BCUT2D eigenvalue weighted by atomic mass is 10.0. The molecule has 6 nitrogen and oxygen atoms in total. The third-order valence-electron chi connectivity index (χ3n) is 4.44. The van der Waals surface area contributed by atoms with Crippen molar-refractivity contribution in [3.8, 4) is 5.75 Å². The Kier molecular flexibility index (Phi) is 5.29. The predicted molar refractivity (Wildman–Crippen MR) is 101 cm³/mol. The number of carbonyl (C=O) groups is 1. The summed E-state index contributed by atoms with van der Waals surface area (Å²) in [6.07, 6.45) is 2.14. The SMILES string of the molecule is COc1cccc(CC(=O)Nc2ccc3c(c2)CN(S(C)(=O)=O)CC3)c1. The van der Waals surface area contributed by atoms with Gasteiger partial charge in [0.25, 0.3) is 0 Å². The first-order valence-corrected chi connectivity index (χ1v) is 10.2. The Morgan fingerprint density at radius 1 is 1.19 bits per heavy atom. The first-order valence-electron chi connectivity index (χ1n) is 8.35. The lowest BCUT2D eigenvalue weighted by molar-refractivity contribution is -0.115. The van der Waals surface area contributed by atoms with Gasteiger partial charge in [0, 0.05) is 18.8 Å². The number of carbonyl (C=O) groups excluding carboxylic acids is 1. The Bertz CT molecular complexity index is 925. The number of benzene rings is 2. The molecule has 1 amide bonds. The summed E-state index contributed by atoms with van der Waals surface area (Å²) in [6.45, 7) is 0.834. The van der Waals surface area contributed by atoms with E-state index in [1.807, 2.05) is 42.5 Å². The van der Waals surface area contributed by atoms with E-state index in [1.54, 1.807) is 7.11 Å². The van der Waals surface area contributed by atoms with Gasteiger partial charge >= 0.3 is 0 Å². The zero-order chi connectivity index (χ0) is 18.7. The number of fused-ring (bicyclic) bond motifs is 1. The van der Waals surface area contributed by atoms with E-state index in [0.29, 0.717) is 30.9 Å². The van der Waals surface area contributed by atoms with Crippen molar-refractivity contribution in [1.82, 2.24) is 4.31 Å². The van der Waals surface area contributed by atoms with E-state index in [-0.39, 0.29) is 12.3 Å². The Labute approximate surface area is 153 Å². The third-order valence-corrected chi connectivity index (χ3v) is 5.68. The molecule has 0 atom stereocenters. The molecular weight excluding hydrogens is 352 g/mol. The second-order valence-electron chi connectivity index (χ2n) is 6.41. The summed E-state index contributed by atoms with van der Waals surface area (Å²) in [5, 5.41) is 2.88. The third kappa shape index (κ3) is 4.42. The highest BCUT2D eigenvalue weighted by Crippen LogP contribution is 2.24. The van der Waals surface area contributed by atoms with Crippen LogP contribution in [0, 0.1) is 0 Å². The van der Waals surface area contributed by atoms with Crippen LogP contribution in [-0.2, 0) is 34.2 Å². The Hall–Kier alpha value is -2.38. The second kappa shape index (κ2) is 7.47. The number of rotatable bonds is 5. The van der Waals surface area contributed by atoms with Crippen molar-refractivity contribution in [3.63, 3.8) is 0 Å². The van der Waals surface area contributed by atoms with Crippen molar-refractivity contribution >= 4 is 21.6 Å². The maximum Gasteiger partial charge on any atom is 0.228 e. The zero-order valence-electron chi connectivity index (χ0n) is 14.9. The normalized spacial score (nSPS) is 14.5. The number of methoxy groups -OCH3 is 1. The van der Waals surface area contributed by atoms with Crippen LogP contribution >= 0.6 is 0 Å². The largest absolute Gasteiger partial charge is 0.497 e. The number of nitrogens with one attached hydrogen (secondary N) is 1. The quantitative estimate of drug-likeness (QED) is 0.871. The number of sulfonamides is 1. The summed E-state index contributed by atoms with van der Waals surface area (Å²) >= 11 is 0. The van der Waals surface area contributed by atoms with Crippen molar-refractivity contribution in [3.05, 3.63) is 59.2 Å². The summed E-state index contributed by atoms with van der Waals surface area (Å²) < 4.78 is 30.1. The van der Waals surface area contributed by atoms with Gasteiger partial charge in [-0.1, -0.05) is 18.2 Å². The van der Waals surface area contributed by atoms with E-state index < -0.39 is 10.0 Å². The average Bonchev–Trinajstić information content (AvgIpc) is 2.60. The molecule has 0 spiro atoms. The summed E-state index contributed by atoms with van der Waals surface area (Å²) in [6, 6.07) is 13.1. The van der Waals surface area contributed by atoms with E-state index in [2.05, 4.69) is 5.32 Å². The van der Waals surface area contributed by atoms with Crippen LogP contribution in [0.5, 0.6) is 5.75 Å². The first kappa shape index (κ1) is 18.4. The molecule has 0 bridgehead atoms. The van der Waals surface area contributed by atoms with Gasteiger partial charge in [-0.25, -0.2) is 8.42 Å². The van der Waals surface area contributed by atoms with E-state index >= 15 is 0 Å². The zero-order valence-corrected chi connectivity index (χ0v) is 15.7. The fourth-order valence-corrected chi connectivity index (χ4v) is 3.86. The van der Waals surface area contributed by atoms with Crippen LogP contribution in [0.4, 0.5) is 5.69 Å². The van der Waals surface area contributed by atoms with Crippen molar-refractivity contribution in [2.45, 2.75) is 19.4 Å². The number of anilines is 1. The van der Waals surface area contributed by atoms with Gasteiger partial charge in [0.05, 0.1) is 19.8 Å². The van der Waals surface area contributed by atoms with Crippen LogP contribution in [0.3, 0.4) is 0 Å². The highest BCUT2D eigenvalue weighted by molar-refractivity contribution is 7.88. The van der Waals surface area contributed by atoms with Gasteiger partial charge in [-0.2, -0.15) is 4.31 Å². The van der Waals surface area contributed by atoms with Gasteiger partial charge in [-0.05, 0) is 47.4 Å². The maximum atomic E-state index is 12.3. The average molecular weight is 374 g/mol. The Balaban J connectivity index is 1.70. The maximum absolute atomic E-state index is 12.3. The number of amides is 1. The molecule has 1 heterocycles. The van der Waals surface area contributed by atoms with E-state index in [1.165, 1.54) is 10.6 Å². The van der Waals surface area contributed by atoms with Crippen LogP contribution in [0.25, 0.3) is 0 Å². The predicted octanol–water partition coefficient (Wildman–Crippen LogP) is 2.19. The molecule has 1 aliphatic heterocycles. The minimum Gasteiger partial charge on any atom is -0.497 e. The minimum atomic E-state index is -3.22. The topological polar surface area (TPSA) is 75.7 Å². The van der Waals surface area contributed by atoms with Crippen LogP contribution in [0.1, 0.15) is 16.7 Å². The van der Waals surface area contributed by atoms with Crippen molar-refractivity contribution in [2.75, 3.05) is 25.2 Å². The van der Waals surface area contributed by atoms with Crippen LogP contribution in [0.2, 0.25) is 0 Å². The molecule has 0 aliphatic carbocycles. The number of ether oxygens (including phenoxy) is 1. The molecule has 138 valence electrons. The van der Waals surface area contributed by atoms with Gasteiger partial charge < -0.3 is 10.1 Å². The van der Waals surface area contributed by atoms with Gasteiger partial charge in [-0.3, -0.25) is 4.79 Å². The van der Waals surface area contributed by atoms with E-state index in [0.717, 1.165) is 16.7 Å². The molecule has 0 fully saturated rings. The molecule has 0 radical (unpaired) electrons. The molecule has 1 aliphatic rings. The molecule has 0 saturated carbocycles. The smallest absolute Gasteiger partial charge is 0.228 e. The fraction of sp³-hybridized carbons (Fsp3) is 0.316. The van der Waals surface area contributed by atoms with E-state index in [9.17, 15) is 13.2 Å². The summed E-state index contributed by atoms with van der Waals surface area (Å²) in [4.78, 5) is 12.3. The van der Waals surface area contributed by atoms with Crippen LogP contribution in [-0.4, -0.2) is 38.5 Å². The molecular formula is C19H22N2O4S. The van der Waals surface area contributed by atoms with Crippen molar-refractivity contribution < 1.29 is 17.9 Å². The molecule has 1 N–H and O–H groups in total. The number of hydrogen-bond acceptors (Lipinski definition) is 4. The van der Waals surface area contributed by atoms with Gasteiger partial charge in [0.2, 0.25) is 15.9 Å². The summed E-state index contributed by atoms with van der Waals surface area (Å²) in [7, 11) is -1.63.